The molecule has 20 heavy (non-hydrogen) atoms. The van der Waals surface area contributed by atoms with Crippen molar-refractivity contribution in [1.29, 1.82) is 0 Å². The molecule has 0 radical (unpaired) electrons. The zero-order valence-electron chi connectivity index (χ0n) is 11.4. The van der Waals surface area contributed by atoms with Gasteiger partial charge in [0.05, 0.1) is 12.2 Å². The lowest BCUT2D eigenvalue weighted by Gasteiger charge is -2.19. The summed E-state index contributed by atoms with van der Waals surface area (Å²) in [5.74, 6) is 0. The molecule has 1 rings (SSSR count). The molecule has 0 aliphatic rings. The minimum Gasteiger partial charge on any atom is -0.394 e. The molecule has 0 atom stereocenters. The summed E-state index contributed by atoms with van der Waals surface area (Å²) in [4.78, 5) is 10.2. The molecule has 1 aromatic rings. The Balaban J connectivity index is 0.000000441. The smallest absolute Gasteiger partial charge is 0.394 e. The lowest BCUT2D eigenvalue weighted by atomic mass is 10.1. The van der Waals surface area contributed by atoms with Crippen molar-refractivity contribution in [2.24, 2.45) is 0 Å². The summed E-state index contributed by atoms with van der Waals surface area (Å²) in [6, 6.07) is 3.05. The third kappa shape index (κ3) is 7.02. The second-order valence-corrected chi connectivity index (χ2v) is 5.60. The fraction of sp³-hybridized carbons (Fsp3) is 0.462. The van der Waals surface area contributed by atoms with Gasteiger partial charge >= 0.3 is 6.18 Å². The van der Waals surface area contributed by atoms with E-state index >= 15 is 0 Å². The number of aliphatic hydroxyl groups excluding tert-OH is 1. The summed E-state index contributed by atoms with van der Waals surface area (Å²) in [5.41, 5.74) is -0.939. The first-order chi connectivity index (χ1) is 9.05. The third-order valence-corrected chi connectivity index (χ3v) is 2.91. The largest absolute Gasteiger partial charge is 0.416 e. The van der Waals surface area contributed by atoms with Crippen molar-refractivity contribution in [3.63, 3.8) is 0 Å². The van der Waals surface area contributed by atoms with Crippen LogP contribution in [0.3, 0.4) is 0 Å². The molecular formula is C13H17BrF3NO2. The van der Waals surface area contributed by atoms with Gasteiger partial charge in [0, 0.05) is 15.6 Å². The number of nitrogens with one attached hydrogen (secondary N) is 1. The van der Waals surface area contributed by atoms with Crippen LogP contribution in [0.25, 0.3) is 0 Å². The Kier molecular flexibility index (Phi) is 7.40. The van der Waals surface area contributed by atoms with E-state index in [9.17, 15) is 18.0 Å². The number of carbonyl (C=O) groups excluding carboxylic acids is 1. The minimum absolute atomic E-state index is 0.00157. The molecule has 0 saturated heterocycles. The summed E-state index contributed by atoms with van der Waals surface area (Å²) >= 11 is 2.89. The number of rotatable bonds is 3. The van der Waals surface area contributed by atoms with E-state index in [1.54, 1.807) is 0 Å². The average Bonchev–Trinajstić information content (AvgIpc) is 2.37. The second kappa shape index (κ2) is 7.75. The number of carbonyl (C=O) groups is 1. The fourth-order valence-corrected chi connectivity index (χ4v) is 1.43. The first kappa shape index (κ1) is 19.1. The van der Waals surface area contributed by atoms with Crippen LogP contribution < -0.4 is 5.32 Å². The molecule has 0 bridgehead atoms. The molecule has 0 saturated carbocycles. The first-order valence-corrected chi connectivity index (χ1v) is 6.48. The van der Waals surface area contributed by atoms with Crippen LogP contribution in [0.5, 0.6) is 0 Å². The number of likely N-dealkylation sites (N-methyl/N-ethyl adjacent to an activating group) is 1. The maximum Gasteiger partial charge on any atom is 0.416 e. The lowest BCUT2D eigenvalue weighted by Crippen LogP contribution is -2.39. The Hall–Kier alpha value is -0.920. The lowest BCUT2D eigenvalue weighted by molar-refractivity contribution is -0.137. The van der Waals surface area contributed by atoms with E-state index < -0.39 is 11.7 Å². The van der Waals surface area contributed by atoms with Gasteiger partial charge in [-0.2, -0.15) is 13.2 Å². The highest BCUT2D eigenvalue weighted by molar-refractivity contribution is 9.10. The predicted octanol–water partition coefficient (Wildman–Crippen LogP) is 3.26. The summed E-state index contributed by atoms with van der Waals surface area (Å²) < 4.78 is 36.7. The highest BCUT2D eigenvalue weighted by Crippen LogP contribution is 2.31. The van der Waals surface area contributed by atoms with Gasteiger partial charge in [-0.25, -0.2) is 0 Å². The van der Waals surface area contributed by atoms with E-state index in [2.05, 4.69) is 21.2 Å². The van der Waals surface area contributed by atoms with Crippen molar-refractivity contribution in [2.75, 3.05) is 13.7 Å². The van der Waals surface area contributed by atoms with E-state index in [-0.39, 0.29) is 22.2 Å². The van der Waals surface area contributed by atoms with Crippen LogP contribution >= 0.6 is 15.9 Å². The number of aliphatic hydroxyl groups is 1. The maximum absolute atomic E-state index is 12.1. The van der Waals surface area contributed by atoms with Crippen molar-refractivity contribution in [3.05, 3.63) is 33.8 Å². The highest BCUT2D eigenvalue weighted by Gasteiger charge is 2.30. The zero-order valence-corrected chi connectivity index (χ0v) is 13.0. The summed E-state index contributed by atoms with van der Waals surface area (Å²) in [5, 5.41) is 11.5. The summed E-state index contributed by atoms with van der Waals surface area (Å²) in [6.07, 6.45) is -4.04. The van der Waals surface area contributed by atoms with Crippen LogP contribution in [0.15, 0.2) is 22.7 Å². The van der Waals surface area contributed by atoms with Crippen molar-refractivity contribution in [1.82, 2.24) is 5.32 Å². The second-order valence-electron chi connectivity index (χ2n) is 4.68. The van der Waals surface area contributed by atoms with Crippen LogP contribution in [0.4, 0.5) is 13.2 Å². The highest BCUT2D eigenvalue weighted by atomic mass is 79.9. The summed E-state index contributed by atoms with van der Waals surface area (Å²) in [7, 11) is 1.83. The monoisotopic (exact) mass is 355 g/mol. The van der Waals surface area contributed by atoms with Crippen LogP contribution in [0.2, 0.25) is 0 Å². The van der Waals surface area contributed by atoms with Gasteiger partial charge in [-0.15, -0.1) is 0 Å². The van der Waals surface area contributed by atoms with E-state index in [0.29, 0.717) is 6.29 Å². The minimum atomic E-state index is -4.42. The van der Waals surface area contributed by atoms with Gasteiger partial charge in [0.2, 0.25) is 0 Å². The topological polar surface area (TPSA) is 49.3 Å². The SMILES string of the molecule is CNC(C)(C)CO.O=Cc1cc(Br)cc(C(F)(F)F)c1. The van der Waals surface area contributed by atoms with Gasteiger partial charge in [-0.05, 0) is 39.1 Å². The molecule has 3 nitrogen and oxygen atoms in total. The van der Waals surface area contributed by atoms with Crippen LogP contribution in [-0.2, 0) is 6.18 Å². The molecular weight excluding hydrogens is 339 g/mol. The number of hydrogen-bond donors (Lipinski definition) is 2. The van der Waals surface area contributed by atoms with Crippen molar-refractivity contribution in [3.8, 4) is 0 Å². The molecule has 0 spiro atoms. The van der Waals surface area contributed by atoms with Gasteiger partial charge in [-0.3, -0.25) is 4.79 Å². The van der Waals surface area contributed by atoms with Gasteiger partial charge < -0.3 is 10.4 Å². The Morgan fingerprint density at radius 3 is 2.15 bits per heavy atom. The molecule has 7 heteroatoms. The normalized spacial score (nSPS) is 11.6. The van der Waals surface area contributed by atoms with E-state index in [4.69, 9.17) is 5.11 Å². The number of aldehydes is 1. The first-order valence-electron chi connectivity index (χ1n) is 5.68. The molecule has 0 aromatic heterocycles. The number of hydrogen-bond acceptors (Lipinski definition) is 3. The molecule has 0 aliphatic heterocycles. The summed E-state index contributed by atoms with van der Waals surface area (Å²) in [6.45, 7) is 4.06. The molecule has 0 heterocycles. The Labute approximate surface area is 124 Å². The quantitative estimate of drug-likeness (QED) is 0.818. The molecule has 2 N–H and O–H groups in total. The Bertz CT molecular complexity index is 442. The predicted molar refractivity (Wildman–Crippen MR) is 74.8 cm³/mol. The fourth-order valence-electron chi connectivity index (χ4n) is 0.923. The van der Waals surface area contributed by atoms with E-state index in [1.165, 1.54) is 6.07 Å². The number of halogens is 4. The van der Waals surface area contributed by atoms with Gasteiger partial charge in [-0.1, -0.05) is 15.9 Å². The van der Waals surface area contributed by atoms with Crippen molar-refractivity contribution in [2.45, 2.75) is 25.6 Å². The van der Waals surface area contributed by atoms with Crippen LogP contribution in [-0.4, -0.2) is 30.6 Å². The Morgan fingerprint density at radius 1 is 1.30 bits per heavy atom. The molecule has 0 fully saturated rings. The third-order valence-electron chi connectivity index (χ3n) is 2.46. The van der Waals surface area contributed by atoms with Crippen LogP contribution in [0.1, 0.15) is 29.8 Å². The molecule has 0 aliphatic carbocycles. The van der Waals surface area contributed by atoms with Crippen molar-refractivity contribution >= 4 is 22.2 Å². The molecule has 0 amide bonds. The van der Waals surface area contributed by atoms with E-state index in [1.807, 2.05) is 20.9 Å². The molecule has 114 valence electrons. The molecule has 0 unspecified atom stereocenters. The van der Waals surface area contributed by atoms with Crippen molar-refractivity contribution < 1.29 is 23.1 Å². The standard InChI is InChI=1S/C8H4BrF3O.C5H13NO/c9-7-2-5(4-13)1-6(3-7)8(10,11)12;1-5(2,4-7)6-3/h1-4H;6-7H,4H2,1-3H3. The Morgan fingerprint density at radius 2 is 1.85 bits per heavy atom. The van der Waals surface area contributed by atoms with Crippen LogP contribution in [0, 0.1) is 0 Å². The number of benzene rings is 1. The van der Waals surface area contributed by atoms with E-state index in [0.717, 1.165) is 12.1 Å². The maximum atomic E-state index is 12.1. The van der Waals surface area contributed by atoms with Gasteiger partial charge in [0.15, 0.2) is 0 Å². The number of alkyl halides is 3. The average molecular weight is 356 g/mol. The zero-order chi connectivity index (χ0) is 16.0. The molecule has 1 aromatic carbocycles. The van der Waals surface area contributed by atoms with Gasteiger partial charge in [0.25, 0.3) is 0 Å². The van der Waals surface area contributed by atoms with Gasteiger partial charge in [0.1, 0.15) is 6.29 Å².